The van der Waals surface area contributed by atoms with Crippen LogP contribution in [0.25, 0.3) is 0 Å². The number of carbonyl (C=O) groups excluding carboxylic acids is 3. The normalized spacial score (nSPS) is 26.8. The Morgan fingerprint density at radius 1 is 0.875 bits per heavy atom. The van der Waals surface area contributed by atoms with Crippen molar-refractivity contribution in [2.75, 3.05) is 0 Å². The zero-order chi connectivity index (χ0) is 28.6. The summed E-state index contributed by atoms with van der Waals surface area (Å²) in [6.07, 6.45) is 0. The number of halogens is 2. The Bertz CT molecular complexity index is 1480. The van der Waals surface area contributed by atoms with Gasteiger partial charge in [-0.05, 0) is 34.2 Å². The fourth-order valence-electron chi connectivity index (χ4n) is 6.68. The summed E-state index contributed by atoms with van der Waals surface area (Å²) in [5.74, 6) is -4.66. The maximum absolute atomic E-state index is 14.2. The van der Waals surface area contributed by atoms with Gasteiger partial charge >= 0.3 is 5.97 Å². The van der Waals surface area contributed by atoms with E-state index in [1.807, 2.05) is 48.5 Å². The molecule has 40 heavy (non-hydrogen) atoms. The Morgan fingerprint density at radius 2 is 1.30 bits per heavy atom. The fraction of sp³-hybridized carbons (Fsp3) is 0.300. The molecule has 7 rings (SSSR count). The first kappa shape index (κ1) is 26.5. The van der Waals surface area contributed by atoms with Gasteiger partial charge in [0, 0.05) is 6.07 Å². The van der Waals surface area contributed by atoms with Crippen LogP contribution in [0, 0.1) is 27.9 Å². The van der Waals surface area contributed by atoms with Gasteiger partial charge in [0.1, 0.15) is 22.4 Å². The van der Waals surface area contributed by atoms with Gasteiger partial charge in [0.25, 0.3) is 5.69 Å². The van der Waals surface area contributed by atoms with E-state index in [2.05, 4.69) is 0 Å². The Morgan fingerprint density at radius 3 is 1.73 bits per heavy atom. The third-order valence-corrected chi connectivity index (χ3v) is 9.61. The summed E-state index contributed by atoms with van der Waals surface area (Å²) in [6.45, 7) is 3.01. The number of amides is 2. The molecule has 1 aliphatic heterocycles. The maximum Gasteiger partial charge on any atom is 0.329 e. The van der Waals surface area contributed by atoms with Crippen molar-refractivity contribution in [1.29, 1.82) is 0 Å². The smallest absolute Gasteiger partial charge is 0.329 e. The van der Waals surface area contributed by atoms with Gasteiger partial charge in [0.05, 0.1) is 22.3 Å². The maximum atomic E-state index is 14.2. The molecule has 8 nitrogen and oxygen atoms in total. The molecule has 3 aliphatic carbocycles. The lowest BCUT2D eigenvalue weighted by atomic mass is 9.54. The number of hydrogen-bond acceptors (Lipinski definition) is 6. The van der Waals surface area contributed by atoms with Crippen LogP contribution in [0.1, 0.15) is 41.7 Å². The average Bonchev–Trinajstić information content (AvgIpc) is 3.21. The van der Waals surface area contributed by atoms with E-state index in [0.717, 1.165) is 4.90 Å². The highest BCUT2D eigenvalue weighted by molar-refractivity contribution is 6.36. The topological polar surface area (TPSA) is 107 Å². The van der Waals surface area contributed by atoms with Crippen molar-refractivity contribution in [3.8, 4) is 0 Å². The van der Waals surface area contributed by atoms with Gasteiger partial charge in [-0.25, -0.2) is 4.79 Å². The number of carbonyl (C=O) groups is 3. The van der Waals surface area contributed by atoms with Crippen LogP contribution in [0.4, 0.5) is 5.69 Å². The minimum absolute atomic E-state index is 0.194. The molecule has 3 aromatic carbocycles. The van der Waals surface area contributed by atoms with E-state index in [-0.39, 0.29) is 11.3 Å². The predicted molar refractivity (Wildman–Crippen MR) is 147 cm³/mol. The van der Waals surface area contributed by atoms with Gasteiger partial charge in [-0.1, -0.05) is 74.5 Å². The van der Waals surface area contributed by atoms with Crippen LogP contribution in [-0.4, -0.2) is 33.6 Å². The first-order valence-corrected chi connectivity index (χ1v) is 13.6. The van der Waals surface area contributed by atoms with Crippen molar-refractivity contribution < 1.29 is 24.0 Å². The van der Waals surface area contributed by atoms with E-state index in [1.54, 1.807) is 19.9 Å². The molecular weight excluding hydrogens is 555 g/mol. The van der Waals surface area contributed by atoms with E-state index < -0.39 is 62.9 Å². The molecule has 204 valence electrons. The molecule has 4 aliphatic rings. The predicted octanol–water partition coefficient (Wildman–Crippen LogP) is 5.26. The largest absolute Gasteiger partial charge is 0.459 e. The Kier molecular flexibility index (Phi) is 6.05. The van der Waals surface area contributed by atoms with Crippen LogP contribution < -0.4 is 0 Å². The monoisotopic (exact) mass is 578 g/mol. The Labute approximate surface area is 240 Å². The number of ether oxygens (including phenoxy) is 1. The van der Waals surface area contributed by atoms with Crippen molar-refractivity contribution in [3.05, 3.63) is 111 Å². The molecule has 3 atom stereocenters. The fourth-order valence-corrected chi connectivity index (χ4v) is 7.78. The lowest BCUT2D eigenvalue weighted by Gasteiger charge is -2.54. The molecule has 2 amide bonds. The van der Waals surface area contributed by atoms with E-state index in [1.165, 1.54) is 18.2 Å². The van der Waals surface area contributed by atoms with E-state index in [4.69, 9.17) is 27.9 Å². The van der Waals surface area contributed by atoms with Gasteiger partial charge < -0.3 is 4.74 Å². The first-order chi connectivity index (χ1) is 19.0. The molecule has 0 N–H and O–H groups in total. The van der Waals surface area contributed by atoms with Gasteiger partial charge in [0.2, 0.25) is 11.8 Å². The number of hydrogen-bond donors (Lipinski definition) is 0. The molecule has 0 spiro atoms. The molecular formula is C30H24Cl2N2O6. The van der Waals surface area contributed by atoms with Crippen LogP contribution in [-0.2, 0) is 35.5 Å². The van der Waals surface area contributed by atoms with E-state index in [9.17, 15) is 24.5 Å². The number of likely N-dealkylation sites (tertiary alicyclic amines) is 1. The summed E-state index contributed by atoms with van der Waals surface area (Å²) >= 11 is 14.9. The number of nitrogens with zero attached hydrogens (tertiary/aromatic N) is 2. The molecule has 0 saturated carbocycles. The number of imide groups is 1. The summed E-state index contributed by atoms with van der Waals surface area (Å²) in [5, 5.41) is 11.4. The summed E-state index contributed by atoms with van der Waals surface area (Å²) in [4.78, 5) is 51.0. The molecule has 1 saturated heterocycles. The second kappa shape index (κ2) is 9.14. The highest BCUT2D eigenvalue weighted by Gasteiger charge is 2.74. The van der Waals surface area contributed by atoms with Gasteiger partial charge in [0.15, 0.2) is 0 Å². The Balaban J connectivity index is 1.41. The Hall–Kier alpha value is -3.75. The number of para-hydroxylation sites is 1. The highest BCUT2D eigenvalue weighted by Crippen LogP contribution is 2.69. The second-order valence-corrected chi connectivity index (χ2v) is 11.9. The van der Waals surface area contributed by atoms with Gasteiger partial charge in [-0.2, -0.15) is 0 Å². The lowest BCUT2D eigenvalue weighted by molar-refractivity contribution is -0.385. The lowest BCUT2D eigenvalue weighted by Crippen LogP contribution is -2.57. The van der Waals surface area contributed by atoms with Crippen molar-refractivity contribution in [3.63, 3.8) is 0 Å². The quantitative estimate of drug-likeness (QED) is 0.130. The number of benzene rings is 3. The molecule has 0 radical (unpaired) electrons. The van der Waals surface area contributed by atoms with Gasteiger partial charge in [-0.3, -0.25) is 24.6 Å². The van der Waals surface area contributed by atoms with Crippen LogP contribution >= 0.6 is 23.2 Å². The van der Waals surface area contributed by atoms with Crippen molar-refractivity contribution in [1.82, 2.24) is 4.90 Å². The van der Waals surface area contributed by atoms with Crippen LogP contribution in [0.5, 0.6) is 0 Å². The number of nitro groups is 1. The highest BCUT2D eigenvalue weighted by atomic mass is 35.5. The summed E-state index contributed by atoms with van der Waals surface area (Å²) in [7, 11) is 0. The van der Waals surface area contributed by atoms with Crippen LogP contribution in [0.2, 0.25) is 0 Å². The molecule has 0 unspecified atom stereocenters. The van der Waals surface area contributed by atoms with Crippen LogP contribution in [0.15, 0.2) is 72.8 Å². The number of esters is 1. The van der Waals surface area contributed by atoms with Crippen molar-refractivity contribution >= 4 is 46.7 Å². The minimum Gasteiger partial charge on any atom is -0.459 e. The van der Waals surface area contributed by atoms with Gasteiger partial charge in [-0.15, -0.1) is 23.2 Å². The summed E-state index contributed by atoms with van der Waals surface area (Å²) in [5.41, 5.74) is 2.64. The average molecular weight is 579 g/mol. The van der Waals surface area contributed by atoms with Crippen molar-refractivity contribution in [2.24, 2.45) is 17.8 Å². The molecule has 3 aromatic rings. The third-order valence-electron chi connectivity index (χ3n) is 8.33. The van der Waals surface area contributed by atoms with Crippen molar-refractivity contribution in [2.45, 2.75) is 36.2 Å². The number of alkyl halides is 2. The van der Waals surface area contributed by atoms with E-state index in [0.29, 0.717) is 22.3 Å². The minimum atomic E-state index is -1.37. The zero-order valence-corrected chi connectivity index (χ0v) is 23.1. The molecule has 10 heteroatoms. The summed E-state index contributed by atoms with van der Waals surface area (Å²) in [6, 6.07) is 19.2. The van der Waals surface area contributed by atoms with Crippen LogP contribution in [0.3, 0.4) is 0 Å². The van der Waals surface area contributed by atoms with E-state index >= 15 is 0 Å². The zero-order valence-electron chi connectivity index (χ0n) is 21.5. The number of rotatable bonds is 6. The molecule has 0 aromatic heterocycles. The molecule has 1 heterocycles. The molecule has 1 fully saturated rings. The third kappa shape index (κ3) is 3.35. The molecule has 2 bridgehead atoms. The summed E-state index contributed by atoms with van der Waals surface area (Å²) < 4.78 is 5.49. The number of nitro benzene ring substituents is 1. The standard InChI is InChI=1S/C30H24Cl2N2O6/c1-16(2)25(28(37)40-15-17-9-3-8-14-22(17)34(38)39)33-26(35)23-24(27(33)36)30(32)19-11-5-4-10-18(19)29(23,31)20-12-6-7-13-21(20)30/h3-14,16,23-25H,15H2,1-2H3/t23-,24-,25-,29?,30?/m0/s1. The SMILES string of the molecule is CC(C)[C@@H](C(=O)OCc1ccccc1[N+](=O)[O-])N1C(=O)[C@@H]2[C@@H](C1=O)C1(Cl)c3ccccc3C2(Cl)c2ccccc21. The second-order valence-electron chi connectivity index (χ2n) is 10.7. The first-order valence-electron chi connectivity index (χ1n) is 12.9.